The van der Waals surface area contributed by atoms with Gasteiger partial charge in [-0.1, -0.05) is 84.9 Å². The molecule has 1 N–H and O–H groups in total. The lowest BCUT2D eigenvalue weighted by molar-refractivity contribution is 0.693. The lowest BCUT2D eigenvalue weighted by atomic mass is 10.1. The van der Waals surface area contributed by atoms with Gasteiger partial charge in [-0.3, -0.25) is 0 Å². The van der Waals surface area contributed by atoms with Crippen molar-refractivity contribution in [3.63, 3.8) is 0 Å². The van der Waals surface area contributed by atoms with Gasteiger partial charge in [-0.2, -0.15) is 0 Å². The molecule has 0 saturated heterocycles. The van der Waals surface area contributed by atoms with Crippen LogP contribution in [-0.2, 0) is 13.1 Å². The number of rotatable bonds is 4. The van der Waals surface area contributed by atoms with Crippen LogP contribution in [0.3, 0.4) is 0 Å². The molecule has 0 atom stereocenters. The SMILES string of the molecule is Cc1ccccc1C.c1ccc(CNCc2ccccc2)cc1. The molecule has 0 spiro atoms. The Bertz CT molecular complexity index is 614. The van der Waals surface area contributed by atoms with Crippen LogP contribution in [0, 0.1) is 13.8 Å². The largest absolute Gasteiger partial charge is 0.309 e. The van der Waals surface area contributed by atoms with Crippen LogP contribution in [-0.4, -0.2) is 0 Å². The Morgan fingerprint density at radius 3 is 1.22 bits per heavy atom. The summed E-state index contributed by atoms with van der Waals surface area (Å²) in [5.41, 5.74) is 5.39. The van der Waals surface area contributed by atoms with Gasteiger partial charge in [0, 0.05) is 13.1 Å². The van der Waals surface area contributed by atoms with Crippen LogP contribution in [0.15, 0.2) is 84.9 Å². The van der Waals surface area contributed by atoms with Gasteiger partial charge < -0.3 is 5.32 Å². The maximum atomic E-state index is 3.42. The number of hydrogen-bond acceptors (Lipinski definition) is 1. The summed E-state index contributed by atoms with van der Waals surface area (Å²) in [6, 6.07) is 29.3. The van der Waals surface area contributed by atoms with E-state index in [0.29, 0.717) is 0 Å². The van der Waals surface area contributed by atoms with Gasteiger partial charge >= 0.3 is 0 Å². The average Bonchev–Trinajstić information content (AvgIpc) is 2.60. The monoisotopic (exact) mass is 303 g/mol. The van der Waals surface area contributed by atoms with Crippen LogP contribution >= 0.6 is 0 Å². The molecule has 0 radical (unpaired) electrons. The van der Waals surface area contributed by atoms with Gasteiger partial charge in [-0.15, -0.1) is 0 Å². The molecular weight excluding hydrogens is 278 g/mol. The van der Waals surface area contributed by atoms with Gasteiger partial charge in [0.25, 0.3) is 0 Å². The zero-order valence-corrected chi connectivity index (χ0v) is 14.0. The van der Waals surface area contributed by atoms with E-state index in [1.165, 1.54) is 22.3 Å². The predicted molar refractivity (Wildman–Crippen MR) is 99.3 cm³/mol. The molecule has 0 unspecified atom stereocenters. The van der Waals surface area contributed by atoms with E-state index in [4.69, 9.17) is 0 Å². The third-order valence-electron chi connectivity index (χ3n) is 3.77. The van der Waals surface area contributed by atoms with E-state index in [0.717, 1.165) is 13.1 Å². The second-order valence-corrected chi connectivity index (χ2v) is 5.66. The average molecular weight is 303 g/mol. The van der Waals surface area contributed by atoms with Gasteiger partial charge in [0.1, 0.15) is 0 Å². The van der Waals surface area contributed by atoms with Crippen molar-refractivity contribution in [1.29, 1.82) is 0 Å². The third-order valence-corrected chi connectivity index (χ3v) is 3.77. The fraction of sp³-hybridized carbons (Fsp3) is 0.182. The summed E-state index contributed by atoms with van der Waals surface area (Å²) < 4.78 is 0. The minimum absolute atomic E-state index is 0.926. The van der Waals surface area contributed by atoms with Crippen LogP contribution in [0.1, 0.15) is 22.3 Å². The molecule has 0 heterocycles. The highest BCUT2D eigenvalue weighted by molar-refractivity contribution is 5.23. The summed E-state index contributed by atoms with van der Waals surface area (Å²) >= 11 is 0. The van der Waals surface area contributed by atoms with Crippen molar-refractivity contribution < 1.29 is 0 Å². The van der Waals surface area contributed by atoms with Gasteiger partial charge in [0.2, 0.25) is 0 Å². The predicted octanol–water partition coefficient (Wildman–Crippen LogP) is 5.28. The van der Waals surface area contributed by atoms with Crippen LogP contribution in [0.5, 0.6) is 0 Å². The standard InChI is InChI=1S/C14H15N.C8H10/c1-3-7-13(8-4-1)11-15-12-14-9-5-2-6-10-14;1-7-5-3-4-6-8(7)2/h1-10,15H,11-12H2;3-6H,1-2H3. The molecule has 0 fully saturated rings. The number of nitrogens with one attached hydrogen (secondary N) is 1. The molecule has 0 aromatic heterocycles. The zero-order chi connectivity index (χ0) is 16.3. The number of hydrogen-bond donors (Lipinski definition) is 1. The van der Waals surface area contributed by atoms with E-state index in [-0.39, 0.29) is 0 Å². The highest BCUT2D eigenvalue weighted by Crippen LogP contribution is 2.03. The first-order valence-electron chi connectivity index (χ1n) is 8.06. The van der Waals surface area contributed by atoms with E-state index < -0.39 is 0 Å². The number of aryl methyl sites for hydroxylation is 2. The summed E-state index contributed by atoms with van der Waals surface area (Å²) in [5.74, 6) is 0. The van der Waals surface area contributed by atoms with Crippen molar-refractivity contribution in [2.45, 2.75) is 26.9 Å². The van der Waals surface area contributed by atoms with Crippen LogP contribution in [0.4, 0.5) is 0 Å². The second kappa shape index (κ2) is 9.60. The van der Waals surface area contributed by atoms with Gasteiger partial charge in [0.05, 0.1) is 0 Å². The van der Waals surface area contributed by atoms with Crippen molar-refractivity contribution in [1.82, 2.24) is 5.32 Å². The van der Waals surface area contributed by atoms with E-state index >= 15 is 0 Å². The number of benzene rings is 3. The molecule has 23 heavy (non-hydrogen) atoms. The van der Waals surface area contributed by atoms with E-state index in [9.17, 15) is 0 Å². The summed E-state index contributed by atoms with van der Waals surface area (Å²) in [4.78, 5) is 0. The minimum atomic E-state index is 0.926. The Hall–Kier alpha value is -2.38. The first-order chi connectivity index (χ1) is 11.3. The molecule has 0 saturated carbocycles. The first kappa shape index (κ1) is 17.0. The third kappa shape index (κ3) is 6.50. The summed E-state index contributed by atoms with van der Waals surface area (Å²) in [5, 5.41) is 3.42. The molecule has 0 aliphatic rings. The van der Waals surface area contributed by atoms with Gasteiger partial charge in [0.15, 0.2) is 0 Å². The van der Waals surface area contributed by atoms with E-state index in [1.807, 2.05) is 12.1 Å². The Kier molecular flexibility index (Phi) is 7.09. The smallest absolute Gasteiger partial charge is 0.0208 e. The second-order valence-electron chi connectivity index (χ2n) is 5.66. The Morgan fingerprint density at radius 2 is 0.870 bits per heavy atom. The van der Waals surface area contributed by atoms with Gasteiger partial charge in [-0.05, 0) is 36.1 Å². The molecule has 3 aromatic rings. The topological polar surface area (TPSA) is 12.0 Å². The van der Waals surface area contributed by atoms with Gasteiger partial charge in [-0.25, -0.2) is 0 Å². The van der Waals surface area contributed by atoms with Crippen LogP contribution in [0.2, 0.25) is 0 Å². The Balaban J connectivity index is 0.000000203. The van der Waals surface area contributed by atoms with Crippen LogP contribution in [0.25, 0.3) is 0 Å². The van der Waals surface area contributed by atoms with Crippen molar-refractivity contribution in [3.05, 3.63) is 107 Å². The molecule has 118 valence electrons. The molecule has 1 nitrogen and oxygen atoms in total. The molecule has 3 aromatic carbocycles. The maximum absolute atomic E-state index is 3.42. The summed E-state index contributed by atoms with van der Waals surface area (Å²) in [6.45, 7) is 6.09. The fourth-order valence-electron chi connectivity index (χ4n) is 2.21. The van der Waals surface area contributed by atoms with Crippen LogP contribution < -0.4 is 5.32 Å². The van der Waals surface area contributed by atoms with Crippen molar-refractivity contribution in [2.75, 3.05) is 0 Å². The maximum Gasteiger partial charge on any atom is 0.0208 e. The fourth-order valence-corrected chi connectivity index (χ4v) is 2.21. The Labute approximate surface area is 140 Å². The highest BCUT2D eigenvalue weighted by atomic mass is 14.8. The van der Waals surface area contributed by atoms with Crippen molar-refractivity contribution in [3.8, 4) is 0 Å². The van der Waals surface area contributed by atoms with Crippen molar-refractivity contribution >= 4 is 0 Å². The van der Waals surface area contributed by atoms with E-state index in [1.54, 1.807) is 0 Å². The van der Waals surface area contributed by atoms with Crippen molar-refractivity contribution in [2.24, 2.45) is 0 Å². The lowest BCUT2D eigenvalue weighted by Crippen LogP contribution is -2.12. The zero-order valence-electron chi connectivity index (χ0n) is 14.0. The molecule has 0 bridgehead atoms. The molecular formula is C22H25N. The normalized spacial score (nSPS) is 9.83. The molecule has 0 amide bonds. The lowest BCUT2D eigenvalue weighted by Gasteiger charge is -2.04. The summed E-state index contributed by atoms with van der Waals surface area (Å²) in [7, 11) is 0. The quantitative estimate of drug-likeness (QED) is 0.691. The van der Waals surface area contributed by atoms with E-state index in [2.05, 4.69) is 92.0 Å². The first-order valence-corrected chi connectivity index (χ1v) is 8.06. The summed E-state index contributed by atoms with van der Waals surface area (Å²) in [6.07, 6.45) is 0. The molecule has 0 aliphatic carbocycles. The molecule has 3 rings (SSSR count). The Morgan fingerprint density at radius 1 is 0.522 bits per heavy atom. The molecule has 1 heteroatoms. The minimum Gasteiger partial charge on any atom is -0.309 e. The highest BCUT2D eigenvalue weighted by Gasteiger charge is 1.92. The molecule has 0 aliphatic heterocycles.